The summed E-state index contributed by atoms with van der Waals surface area (Å²) in [6.07, 6.45) is 3.34. The quantitative estimate of drug-likeness (QED) is 0.203. The number of thiol groups is 3. The molecule has 0 aliphatic carbocycles. The van der Waals surface area contributed by atoms with Gasteiger partial charge in [0.25, 0.3) is 0 Å². The van der Waals surface area contributed by atoms with Gasteiger partial charge in [-0.3, -0.25) is 0 Å². The lowest BCUT2D eigenvalue weighted by atomic mass is 10.2. The Bertz CT molecular complexity index is 270. The van der Waals surface area contributed by atoms with Crippen molar-refractivity contribution < 1.29 is 0 Å². The molecule has 3 nitrogen and oxygen atoms in total. The van der Waals surface area contributed by atoms with Crippen LogP contribution in [0.25, 0.3) is 0 Å². The highest BCUT2D eigenvalue weighted by atomic mass is 32.1. The van der Waals surface area contributed by atoms with Crippen LogP contribution in [0.15, 0.2) is 0 Å². The molecule has 2 N–H and O–H groups in total. The fraction of sp³-hybridized carbons (Fsp3) is 0.700. The molecule has 2 radical (unpaired) electrons. The van der Waals surface area contributed by atoms with Gasteiger partial charge in [0, 0.05) is 50.2 Å². The summed E-state index contributed by atoms with van der Waals surface area (Å²) in [7, 11) is 3.71. The Balaban J connectivity index is -0.000000352. The summed E-state index contributed by atoms with van der Waals surface area (Å²) in [4.78, 5) is 1.76. The normalized spacial score (nSPS) is 8.45. The summed E-state index contributed by atoms with van der Waals surface area (Å²) in [6, 6.07) is 0. The zero-order chi connectivity index (χ0) is 15.3. The van der Waals surface area contributed by atoms with Crippen LogP contribution in [0.1, 0.15) is 19.3 Å². The second-order valence-electron chi connectivity index (χ2n) is 3.70. The van der Waals surface area contributed by atoms with Crippen LogP contribution >= 0.6 is 74.5 Å². The number of hydrogen-bond donors (Lipinski definition) is 5. The maximum atomic E-state index is 4.74. The van der Waals surface area contributed by atoms with Crippen LogP contribution in [0.2, 0.25) is 0 Å². The lowest BCUT2D eigenvalue weighted by molar-refractivity contribution is 0.648. The summed E-state index contributed by atoms with van der Waals surface area (Å²) >= 11 is 25.8. The van der Waals surface area contributed by atoms with Crippen LogP contribution in [0.3, 0.4) is 0 Å². The zero-order valence-electron chi connectivity index (χ0n) is 11.8. The SMILES string of the molecule is CN(C)C(=S)S.S=C(S)NCCCCCNC(=S)S.[Mg]. The van der Waals surface area contributed by atoms with Crippen LogP contribution in [-0.2, 0) is 0 Å². The highest BCUT2D eigenvalue weighted by molar-refractivity contribution is 8.11. The zero-order valence-corrected chi connectivity index (χ0v) is 18.3. The van der Waals surface area contributed by atoms with Crippen molar-refractivity contribution in [1.82, 2.24) is 15.5 Å². The van der Waals surface area contributed by atoms with Gasteiger partial charge < -0.3 is 15.5 Å². The largest absolute Gasteiger partial charge is 0.371 e. The molecule has 20 heavy (non-hydrogen) atoms. The number of rotatable bonds is 6. The number of nitrogens with zero attached hydrogens (tertiary/aromatic N) is 1. The molecule has 0 aromatic rings. The first-order chi connectivity index (χ1) is 8.77. The van der Waals surface area contributed by atoms with Gasteiger partial charge in [-0.05, 0) is 19.3 Å². The van der Waals surface area contributed by atoms with E-state index >= 15 is 0 Å². The number of hydrogen-bond acceptors (Lipinski definition) is 3. The average molecular weight is 400 g/mol. The number of unbranched alkanes of at least 4 members (excludes halogenated alkanes) is 2. The van der Waals surface area contributed by atoms with E-state index in [0.29, 0.717) is 13.0 Å². The van der Waals surface area contributed by atoms with E-state index in [1.54, 1.807) is 4.90 Å². The van der Waals surface area contributed by atoms with Crippen molar-refractivity contribution in [3.8, 4) is 0 Å². The van der Waals surface area contributed by atoms with Crippen molar-refractivity contribution in [2.45, 2.75) is 19.3 Å². The molecule has 0 aromatic carbocycles. The third kappa shape index (κ3) is 27.8. The molecule has 10 heteroatoms. The third-order valence-corrected chi connectivity index (χ3v) is 3.16. The molecule has 0 saturated carbocycles. The van der Waals surface area contributed by atoms with Crippen LogP contribution in [0.5, 0.6) is 0 Å². The molecule has 0 rings (SSSR count). The topological polar surface area (TPSA) is 27.3 Å². The molecule has 0 unspecified atom stereocenters. The summed E-state index contributed by atoms with van der Waals surface area (Å²) in [5.41, 5.74) is 0. The summed E-state index contributed by atoms with van der Waals surface area (Å²) in [6.45, 7) is 1.79. The van der Waals surface area contributed by atoms with Gasteiger partial charge in [-0.25, -0.2) is 0 Å². The van der Waals surface area contributed by atoms with Gasteiger partial charge in [0.15, 0.2) is 0 Å². The van der Waals surface area contributed by atoms with E-state index in [-0.39, 0.29) is 23.1 Å². The Labute approximate surface area is 171 Å². The van der Waals surface area contributed by atoms with E-state index < -0.39 is 0 Å². The van der Waals surface area contributed by atoms with Gasteiger partial charge in [-0.1, -0.05) is 36.7 Å². The molecule has 0 aromatic heterocycles. The monoisotopic (exact) mass is 399 g/mol. The molecule has 0 spiro atoms. The van der Waals surface area contributed by atoms with Gasteiger partial charge in [-0.15, -0.1) is 37.9 Å². The van der Waals surface area contributed by atoms with E-state index in [1.807, 2.05) is 14.1 Å². The van der Waals surface area contributed by atoms with E-state index in [2.05, 4.69) is 60.7 Å². The number of nitrogens with one attached hydrogen (secondary N) is 2. The first-order valence-electron chi connectivity index (χ1n) is 5.61. The lowest BCUT2D eigenvalue weighted by Gasteiger charge is -2.05. The second-order valence-corrected chi connectivity index (χ2v) is 7.13. The maximum absolute atomic E-state index is 4.74. The molecule has 0 aliphatic rings. The summed E-state index contributed by atoms with van der Waals surface area (Å²) in [5, 5.41) is 5.96. The van der Waals surface area contributed by atoms with E-state index in [4.69, 9.17) is 24.4 Å². The van der Waals surface area contributed by atoms with E-state index in [9.17, 15) is 0 Å². The van der Waals surface area contributed by atoms with Crippen molar-refractivity contribution in [2.75, 3.05) is 27.2 Å². The smallest absolute Gasteiger partial charge is 0.132 e. The fourth-order valence-corrected chi connectivity index (χ4v) is 1.25. The Hall–Kier alpha value is 1.49. The average Bonchev–Trinajstić information content (AvgIpc) is 2.27. The van der Waals surface area contributed by atoms with Gasteiger partial charge in [-0.2, -0.15) is 0 Å². The van der Waals surface area contributed by atoms with E-state index in [0.717, 1.165) is 32.4 Å². The first-order valence-corrected chi connectivity index (χ1v) is 8.17. The number of thiocarbonyl (C=S) groups is 3. The molecule has 0 atom stereocenters. The Morgan fingerprint density at radius 1 is 0.850 bits per heavy atom. The van der Waals surface area contributed by atoms with Gasteiger partial charge >= 0.3 is 0 Å². The molecule has 0 fully saturated rings. The van der Waals surface area contributed by atoms with Crippen molar-refractivity contribution in [2.24, 2.45) is 0 Å². The minimum absolute atomic E-state index is 0. The predicted octanol–water partition coefficient (Wildman–Crippen LogP) is 2.15. The molecular formula is C10H21MgN3S6. The summed E-state index contributed by atoms with van der Waals surface area (Å²) in [5.74, 6) is 0. The van der Waals surface area contributed by atoms with Gasteiger partial charge in [0.1, 0.15) is 13.0 Å². The third-order valence-electron chi connectivity index (χ3n) is 1.79. The van der Waals surface area contributed by atoms with Crippen molar-refractivity contribution >= 4 is 111 Å². The molecule has 0 aliphatic heterocycles. The van der Waals surface area contributed by atoms with Crippen molar-refractivity contribution in [1.29, 1.82) is 0 Å². The standard InChI is InChI=1S/C7H14N2S4.C3H7NS2.Mg/c10-6(11)8-4-2-1-3-5-9-7(12)13;1-4(2)3(5)6;/h1-5H2,(H2,8,10,11)(H2,9,12,13);1-2H3,(H,5,6);. The van der Waals surface area contributed by atoms with Gasteiger partial charge in [0.2, 0.25) is 0 Å². The lowest BCUT2D eigenvalue weighted by Crippen LogP contribution is -2.19. The Kier molecular flexibility index (Phi) is 24.5. The predicted molar refractivity (Wildman–Crippen MR) is 114 cm³/mol. The van der Waals surface area contributed by atoms with Crippen LogP contribution in [0.4, 0.5) is 0 Å². The highest BCUT2D eigenvalue weighted by Crippen LogP contribution is 1.93. The minimum atomic E-state index is 0. The molecule has 0 heterocycles. The second kappa shape index (κ2) is 18.5. The Morgan fingerprint density at radius 3 is 1.35 bits per heavy atom. The summed E-state index contributed by atoms with van der Waals surface area (Å²) < 4.78 is 1.75. The molecule has 114 valence electrons. The minimum Gasteiger partial charge on any atom is -0.371 e. The Morgan fingerprint density at radius 2 is 1.15 bits per heavy atom. The van der Waals surface area contributed by atoms with Crippen molar-refractivity contribution in [3.63, 3.8) is 0 Å². The van der Waals surface area contributed by atoms with Crippen LogP contribution in [0, 0.1) is 0 Å². The molecule has 0 bridgehead atoms. The van der Waals surface area contributed by atoms with Gasteiger partial charge in [0.05, 0.1) is 0 Å². The van der Waals surface area contributed by atoms with Crippen LogP contribution < -0.4 is 10.6 Å². The molecule has 0 amide bonds. The maximum Gasteiger partial charge on any atom is 0.132 e. The van der Waals surface area contributed by atoms with Crippen molar-refractivity contribution in [3.05, 3.63) is 0 Å². The van der Waals surface area contributed by atoms with Crippen LogP contribution in [-0.4, -0.2) is 68.1 Å². The van der Waals surface area contributed by atoms with E-state index in [1.165, 1.54) is 0 Å². The highest BCUT2D eigenvalue weighted by Gasteiger charge is 1.91. The first kappa shape index (κ1) is 26.4. The molecule has 0 saturated heterocycles. The fourth-order valence-electron chi connectivity index (χ4n) is 0.817. The molecular weight excluding hydrogens is 379 g/mol.